The molecule has 1 aliphatic rings. The Balaban J connectivity index is 1.52. The third-order valence-electron chi connectivity index (χ3n) is 5.39. The number of aromatic amines is 1. The Bertz CT molecular complexity index is 1110. The lowest BCUT2D eigenvalue weighted by Crippen LogP contribution is -2.36. The lowest BCUT2D eigenvalue weighted by molar-refractivity contribution is 0.0927. The highest BCUT2D eigenvalue weighted by Crippen LogP contribution is 2.18. The summed E-state index contributed by atoms with van der Waals surface area (Å²) < 4.78 is 1.18. The van der Waals surface area contributed by atoms with Gasteiger partial charge in [-0.2, -0.15) is 0 Å². The van der Waals surface area contributed by atoms with E-state index in [0.717, 1.165) is 18.4 Å². The van der Waals surface area contributed by atoms with Crippen LogP contribution in [-0.2, 0) is 6.54 Å². The van der Waals surface area contributed by atoms with Crippen molar-refractivity contribution in [1.29, 1.82) is 0 Å². The van der Waals surface area contributed by atoms with E-state index in [9.17, 15) is 14.4 Å². The SMILES string of the molecule is O=C(NC1CCCCC1)c1ccc(Cn2c(=O)[nH]c3ccccc3c2=O)cc1. The molecule has 4 rings (SSSR count). The number of para-hydroxylation sites is 1. The van der Waals surface area contributed by atoms with Crippen LogP contribution in [0, 0.1) is 0 Å². The summed E-state index contributed by atoms with van der Waals surface area (Å²) in [6, 6.07) is 14.3. The van der Waals surface area contributed by atoms with Gasteiger partial charge in [-0.15, -0.1) is 0 Å². The minimum absolute atomic E-state index is 0.0702. The standard InChI is InChI=1S/C22H23N3O3/c26-20(23-17-6-2-1-3-7-17)16-12-10-15(11-13-16)14-25-21(27)18-8-4-5-9-19(18)24-22(25)28/h4-5,8-13,17H,1-3,6-7,14H2,(H,23,26)(H,24,28). The first-order valence-electron chi connectivity index (χ1n) is 9.73. The molecule has 2 aromatic carbocycles. The van der Waals surface area contributed by atoms with E-state index >= 15 is 0 Å². The van der Waals surface area contributed by atoms with Crippen molar-refractivity contribution in [2.45, 2.75) is 44.7 Å². The number of H-pyrrole nitrogens is 1. The fourth-order valence-corrected chi connectivity index (χ4v) is 3.80. The average molecular weight is 377 g/mol. The van der Waals surface area contributed by atoms with Gasteiger partial charge in [0.25, 0.3) is 11.5 Å². The number of rotatable bonds is 4. The van der Waals surface area contributed by atoms with Crippen LogP contribution in [0.25, 0.3) is 10.9 Å². The van der Waals surface area contributed by atoms with Crippen molar-refractivity contribution in [1.82, 2.24) is 14.9 Å². The average Bonchev–Trinajstić information content (AvgIpc) is 2.72. The Hall–Kier alpha value is -3.15. The molecule has 0 radical (unpaired) electrons. The van der Waals surface area contributed by atoms with Crippen LogP contribution in [0.4, 0.5) is 0 Å². The van der Waals surface area contributed by atoms with Crippen LogP contribution in [-0.4, -0.2) is 21.5 Å². The molecular formula is C22H23N3O3. The molecule has 0 unspecified atom stereocenters. The normalized spacial score (nSPS) is 14.9. The van der Waals surface area contributed by atoms with Gasteiger partial charge < -0.3 is 10.3 Å². The van der Waals surface area contributed by atoms with E-state index in [4.69, 9.17) is 0 Å². The van der Waals surface area contributed by atoms with Crippen LogP contribution in [0.15, 0.2) is 58.1 Å². The predicted octanol–water partition coefficient (Wildman–Crippen LogP) is 2.80. The number of aromatic nitrogens is 2. The van der Waals surface area contributed by atoms with E-state index in [0.29, 0.717) is 16.5 Å². The van der Waals surface area contributed by atoms with Gasteiger partial charge in [0.15, 0.2) is 0 Å². The first-order valence-corrected chi connectivity index (χ1v) is 9.73. The third kappa shape index (κ3) is 3.76. The lowest BCUT2D eigenvalue weighted by Gasteiger charge is -2.22. The molecule has 144 valence electrons. The second kappa shape index (κ2) is 7.84. The van der Waals surface area contributed by atoms with Gasteiger partial charge in [-0.3, -0.25) is 14.2 Å². The van der Waals surface area contributed by atoms with Gasteiger partial charge in [0, 0.05) is 11.6 Å². The van der Waals surface area contributed by atoms with Crippen molar-refractivity contribution in [3.8, 4) is 0 Å². The molecular weight excluding hydrogens is 354 g/mol. The predicted molar refractivity (Wildman–Crippen MR) is 109 cm³/mol. The quantitative estimate of drug-likeness (QED) is 0.733. The molecule has 28 heavy (non-hydrogen) atoms. The first kappa shape index (κ1) is 18.2. The van der Waals surface area contributed by atoms with Crippen molar-refractivity contribution in [3.05, 3.63) is 80.5 Å². The highest BCUT2D eigenvalue weighted by Gasteiger charge is 2.16. The molecule has 0 atom stereocenters. The second-order valence-electron chi connectivity index (χ2n) is 7.37. The van der Waals surface area contributed by atoms with Gasteiger partial charge in [0.05, 0.1) is 17.4 Å². The number of nitrogens with zero attached hydrogens (tertiary/aromatic N) is 1. The minimum Gasteiger partial charge on any atom is -0.349 e. The maximum absolute atomic E-state index is 12.6. The first-order chi connectivity index (χ1) is 13.6. The molecule has 6 nitrogen and oxygen atoms in total. The van der Waals surface area contributed by atoms with Gasteiger partial charge in [0.1, 0.15) is 0 Å². The third-order valence-corrected chi connectivity index (χ3v) is 5.39. The Morgan fingerprint density at radius 2 is 1.71 bits per heavy atom. The number of nitrogens with one attached hydrogen (secondary N) is 2. The summed E-state index contributed by atoms with van der Waals surface area (Å²) in [6.07, 6.45) is 5.65. The van der Waals surface area contributed by atoms with E-state index < -0.39 is 5.69 Å². The summed E-state index contributed by atoms with van der Waals surface area (Å²) in [7, 11) is 0. The van der Waals surface area contributed by atoms with Gasteiger partial charge in [0.2, 0.25) is 0 Å². The second-order valence-corrected chi connectivity index (χ2v) is 7.37. The zero-order valence-corrected chi connectivity index (χ0v) is 15.6. The smallest absolute Gasteiger partial charge is 0.329 e. The molecule has 2 N–H and O–H groups in total. The Morgan fingerprint density at radius 1 is 1.00 bits per heavy atom. The van der Waals surface area contributed by atoms with Crippen LogP contribution in [0.3, 0.4) is 0 Å². The fraction of sp³-hybridized carbons (Fsp3) is 0.318. The van der Waals surface area contributed by atoms with Crippen molar-refractivity contribution in [2.75, 3.05) is 0 Å². The van der Waals surface area contributed by atoms with E-state index in [1.807, 2.05) is 0 Å². The molecule has 0 spiro atoms. The summed E-state index contributed by atoms with van der Waals surface area (Å²) >= 11 is 0. The van der Waals surface area contributed by atoms with E-state index in [2.05, 4.69) is 10.3 Å². The Morgan fingerprint density at radius 3 is 2.46 bits per heavy atom. The summed E-state index contributed by atoms with van der Waals surface area (Å²) in [4.78, 5) is 40.1. The van der Waals surface area contributed by atoms with E-state index in [1.165, 1.54) is 23.8 Å². The molecule has 3 aromatic rings. The van der Waals surface area contributed by atoms with Crippen molar-refractivity contribution < 1.29 is 4.79 Å². The maximum Gasteiger partial charge on any atom is 0.329 e. The zero-order valence-electron chi connectivity index (χ0n) is 15.6. The summed E-state index contributed by atoms with van der Waals surface area (Å²) in [5, 5.41) is 3.57. The van der Waals surface area contributed by atoms with Gasteiger partial charge in [-0.25, -0.2) is 4.79 Å². The van der Waals surface area contributed by atoms with Gasteiger partial charge in [-0.05, 0) is 42.7 Å². The molecule has 1 heterocycles. The Kier molecular flexibility index (Phi) is 5.10. The van der Waals surface area contributed by atoms with E-state index in [-0.39, 0.29) is 24.1 Å². The van der Waals surface area contributed by atoms with Crippen LogP contribution in [0.1, 0.15) is 48.0 Å². The van der Waals surface area contributed by atoms with Gasteiger partial charge >= 0.3 is 5.69 Å². The van der Waals surface area contributed by atoms with E-state index in [1.54, 1.807) is 48.5 Å². The number of fused-ring (bicyclic) bond motifs is 1. The highest BCUT2D eigenvalue weighted by atomic mass is 16.2. The van der Waals surface area contributed by atoms with Crippen LogP contribution >= 0.6 is 0 Å². The van der Waals surface area contributed by atoms with Crippen LogP contribution < -0.4 is 16.6 Å². The van der Waals surface area contributed by atoms with Crippen molar-refractivity contribution in [2.24, 2.45) is 0 Å². The monoisotopic (exact) mass is 377 g/mol. The van der Waals surface area contributed by atoms with Crippen molar-refractivity contribution in [3.63, 3.8) is 0 Å². The molecule has 1 amide bonds. The largest absolute Gasteiger partial charge is 0.349 e. The molecule has 1 aromatic heterocycles. The summed E-state index contributed by atoms with van der Waals surface area (Å²) in [6.45, 7) is 0.156. The maximum atomic E-state index is 12.6. The van der Waals surface area contributed by atoms with Crippen molar-refractivity contribution >= 4 is 16.8 Å². The fourth-order valence-electron chi connectivity index (χ4n) is 3.80. The van der Waals surface area contributed by atoms with Crippen LogP contribution in [0.2, 0.25) is 0 Å². The number of carbonyl (C=O) groups excluding carboxylic acids is 1. The molecule has 1 fully saturated rings. The number of benzene rings is 2. The number of hydrogen-bond acceptors (Lipinski definition) is 3. The van der Waals surface area contributed by atoms with Crippen LogP contribution in [0.5, 0.6) is 0 Å². The summed E-state index contributed by atoms with van der Waals surface area (Å²) in [5.74, 6) is -0.0702. The molecule has 6 heteroatoms. The number of amides is 1. The minimum atomic E-state index is -0.442. The summed E-state index contributed by atoms with van der Waals surface area (Å²) in [5.41, 5.74) is 1.15. The topological polar surface area (TPSA) is 84.0 Å². The molecule has 0 saturated heterocycles. The molecule has 0 aliphatic heterocycles. The molecule has 1 aliphatic carbocycles. The van der Waals surface area contributed by atoms with Gasteiger partial charge in [-0.1, -0.05) is 43.5 Å². The number of hydrogen-bond donors (Lipinski definition) is 2. The molecule has 0 bridgehead atoms. The molecule has 1 saturated carbocycles. The highest BCUT2D eigenvalue weighted by molar-refractivity contribution is 5.94. The number of carbonyl (C=O) groups is 1. The zero-order chi connectivity index (χ0) is 19.5. The Labute approximate surface area is 162 Å². The lowest BCUT2D eigenvalue weighted by atomic mass is 9.95.